The Morgan fingerprint density at radius 2 is 2.25 bits per heavy atom. The van der Waals surface area contributed by atoms with Gasteiger partial charge in [0.05, 0.1) is 0 Å². The lowest BCUT2D eigenvalue weighted by Gasteiger charge is -2.10. The van der Waals surface area contributed by atoms with Crippen LogP contribution in [0.2, 0.25) is 0 Å². The van der Waals surface area contributed by atoms with Crippen molar-refractivity contribution in [2.24, 2.45) is 0 Å². The molecule has 1 atom stereocenters. The van der Waals surface area contributed by atoms with Crippen LogP contribution in [0.1, 0.15) is 39.0 Å². The van der Waals surface area contributed by atoms with Crippen LogP contribution in [0, 0.1) is 0 Å². The molecule has 0 saturated carbocycles. The monoisotopic (exact) mass is 170 g/mol. The van der Waals surface area contributed by atoms with E-state index in [0.717, 1.165) is 6.04 Å². The summed E-state index contributed by atoms with van der Waals surface area (Å²) in [7, 11) is 0. The van der Waals surface area contributed by atoms with Gasteiger partial charge in [0.1, 0.15) is 0 Å². The zero-order valence-electron chi connectivity index (χ0n) is 8.23. The van der Waals surface area contributed by atoms with Crippen LogP contribution in [0.15, 0.2) is 0 Å². The van der Waals surface area contributed by atoms with Crippen LogP contribution in [0.3, 0.4) is 0 Å². The Morgan fingerprint density at radius 3 is 2.92 bits per heavy atom. The summed E-state index contributed by atoms with van der Waals surface area (Å²) in [6, 6.07) is 0.756. The molecule has 72 valence electrons. The summed E-state index contributed by atoms with van der Waals surface area (Å²) in [5.41, 5.74) is 0. The number of unbranched alkanes of at least 4 members (excludes halogenated alkanes) is 3. The van der Waals surface area contributed by atoms with Crippen molar-refractivity contribution < 1.29 is 0 Å². The molecule has 0 amide bonds. The Labute approximate surface area is 76.1 Å². The number of rotatable bonds is 6. The van der Waals surface area contributed by atoms with Gasteiger partial charge in [0, 0.05) is 12.6 Å². The van der Waals surface area contributed by atoms with Crippen LogP contribution >= 0.6 is 0 Å². The zero-order valence-corrected chi connectivity index (χ0v) is 8.23. The van der Waals surface area contributed by atoms with Crippen molar-refractivity contribution in [3.63, 3.8) is 0 Å². The fourth-order valence-electron chi connectivity index (χ4n) is 1.69. The molecule has 0 spiro atoms. The van der Waals surface area contributed by atoms with Gasteiger partial charge in [0.25, 0.3) is 0 Å². The second kappa shape index (κ2) is 6.44. The largest absolute Gasteiger partial charge is 0.315 e. The Morgan fingerprint density at radius 1 is 1.33 bits per heavy atom. The molecule has 0 aromatic heterocycles. The standard InChI is InChI=1S/C10H22N2/c1-2-3-4-5-7-12-10-6-8-11-9-10/h10-12H,2-9H2,1H3. The fourth-order valence-corrected chi connectivity index (χ4v) is 1.69. The highest BCUT2D eigenvalue weighted by Gasteiger charge is 2.11. The van der Waals surface area contributed by atoms with Gasteiger partial charge in [-0.1, -0.05) is 26.2 Å². The van der Waals surface area contributed by atoms with Gasteiger partial charge in [0.15, 0.2) is 0 Å². The lowest BCUT2D eigenvalue weighted by atomic mass is 10.2. The molecule has 1 saturated heterocycles. The van der Waals surface area contributed by atoms with Gasteiger partial charge >= 0.3 is 0 Å². The number of nitrogens with one attached hydrogen (secondary N) is 2. The van der Waals surface area contributed by atoms with Crippen molar-refractivity contribution in [3.8, 4) is 0 Å². The molecule has 0 bridgehead atoms. The summed E-state index contributed by atoms with van der Waals surface area (Å²) >= 11 is 0. The lowest BCUT2D eigenvalue weighted by molar-refractivity contribution is 0.519. The fraction of sp³-hybridized carbons (Fsp3) is 1.00. The zero-order chi connectivity index (χ0) is 8.65. The second-order valence-corrected chi connectivity index (χ2v) is 3.70. The predicted octanol–water partition coefficient (Wildman–Crippen LogP) is 1.52. The van der Waals surface area contributed by atoms with E-state index in [1.54, 1.807) is 0 Å². The smallest absolute Gasteiger partial charge is 0.0204 e. The van der Waals surface area contributed by atoms with E-state index in [-0.39, 0.29) is 0 Å². The summed E-state index contributed by atoms with van der Waals surface area (Å²) in [6.07, 6.45) is 6.79. The summed E-state index contributed by atoms with van der Waals surface area (Å²) in [4.78, 5) is 0. The highest BCUT2D eigenvalue weighted by atomic mass is 15.0. The third-order valence-electron chi connectivity index (χ3n) is 2.52. The van der Waals surface area contributed by atoms with Crippen molar-refractivity contribution in [1.29, 1.82) is 0 Å². The van der Waals surface area contributed by atoms with Gasteiger partial charge in [0.2, 0.25) is 0 Å². The maximum absolute atomic E-state index is 3.58. The lowest BCUT2D eigenvalue weighted by Crippen LogP contribution is -2.31. The molecule has 1 heterocycles. The van der Waals surface area contributed by atoms with E-state index in [1.165, 1.54) is 51.7 Å². The molecule has 1 aliphatic heterocycles. The van der Waals surface area contributed by atoms with Gasteiger partial charge < -0.3 is 10.6 Å². The second-order valence-electron chi connectivity index (χ2n) is 3.70. The third kappa shape index (κ3) is 4.07. The topological polar surface area (TPSA) is 24.1 Å². The molecule has 1 unspecified atom stereocenters. The normalized spacial score (nSPS) is 23.2. The molecule has 2 nitrogen and oxygen atoms in total. The van der Waals surface area contributed by atoms with E-state index in [4.69, 9.17) is 0 Å². The molecule has 1 rings (SSSR count). The molecule has 0 radical (unpaired) electrons. The van der Waals surface area contributed by atoms with E-state index in [1.807, 2.05) is 0 Å². The van der Waals surface area contributed by atoms with Crippen molar-refractivity contribution in [3.05, 3.63) is 0 Å². The van der Waals surface area contributed by atoms with Crippen LogP contribution in [0.5, 0.6) is 0 Å². The summed E-state index contributed by atoms with van der Waals surface area (Å²) in [5, 5.41) is 6.94. The molecule has 0 aromatic rings. The maximum Gasteiger partial charge on any atom is 0.0204 e. The molecule has 2 heteroatoms. The van der Waals surface area contributed by atoms with E-state index in [2.05, 4.69) is 17.6 Å². The minimum Gasteiger partial charge on any atom is -0.315 e. The van der Waals surface area contributed by atoms with Gasteiger partial charge in [-0.25, -0.2) is 0 Å². The highest BCUT2D eigenvalue weighted by Crippen LogP contribution is 2.00. The highest BCUT2D eigenvalue weighted by molar-refractivity contribution is 4.76. The van der Waals surface area contributed by atoms with E-state index in [0.29, 0.717) is 0 Å². The predicted molar refractivity (Wildman–Crippen MR) is 53.4 cm³/mol. The van der Waals surface area contributed by atoms with Crippen LogP contribution in [0.25, 0.3) is 0 Å². The Hall–Kier alpha value is -0.0800. The van der Waals surface area contributed by atoms with Gasteiger partial charge in [-0.3, -0.25) is 0 Å². The van der Waals surface area contributed by atoms with Crippen LogP contribution in [-0.2, 0) is 0 Å². The van der Waals surface area contributed by atoms with E-state index < -0.39 is 0 Å². The van der Waals surface area contributed by atoms with Crippen molar-refractivity contribution >= 4 is 0 Å². The maximum atomic E-state index is 3.58. The third-order valence-corrected chi connectivity index (χ3v) is 2.52. The van der Waals surface area contributed by atoms with Crippen LogP contribution in [0.4, 0.5) is 0 Å². The van der Waals surface area contributed by atoms with E-state index in [9.17, 15) is 0 Å². The first-order valence-corrected chi connectivity index (χ1v) is 5.37. The molecule has 1 aliphatic rings. The Kier molecular flexibility index (Phi) is 5.37. The molecule has 0 aliphatic carbocycles. The minimum atomic E-state index is 0.756. The van der Waals surface area contributed by atoms with Gasteiger partial charge in [-0.2, -0.15) is 0 Å². The van der Waals surface area contributed by atoms with Gasteiger partial charge in [-0.15, -0.1) is 0 Å². The minimum absolute atomic E-state index is 0.756. The first kappa shape index (κ1) is 10.0. The first-order valence-electron chi connectivity index (χ1n) is 5.37. The van der Waals surface area contributed by atoms with E-state index >= 15 is 0 Å². The van der Waals surface area contributed by atoms with Gasteiger partial charge in [-0.05, 0) is 25.9 Å². The Balaban J connectivity index is 1.81. The summed E-state index contributed by atoms with van der Waals surface area (Å²) in [5.74, 6) is 0. The summed E-state index contributed by atoms with van der Waals surface area (Å²) < 4.78 is 0. The average Bonchev–Trinajstić information content (AvgIpc) is 2.57. The van der Waals surface area contributed by atoms with Crippen LogP contribution < -0.4 is 10.6 Å². The SMILES string of the molecule is CCCCCCNC1CCNC1. The Bertz CT molecular complexity index is 98.0. The van der Waals surface area contributed by atoms with Crippen LogP contribution in [-0.4, -0.2) is 25.7 Å². The number of hydrogen-bond donors (Lipinski definition) is 2. The molecule has 1 fully saturated rings. The quantitative estimate of drug-likeness (QED) is 0.591. The summed E-state index contributed by atoms with van der Waals surface area (Å²) in [6.45, 7) is 5.85. The van der Waals surface area contributed by atoms with Crippen molar-refractivity contribution in [1.82, 2.24) is 10.6 Å². The molecule has 0 aromatic carbocycles. The molecule has 12 heavy (non-hydrogen) atoms. The molecule has 2 N–H and O–H groups in total. The van der Waals surface area contributed by atoms with Crippen molar-refractivity contribution in [2.45, 2.75) is 45.1 Å². The average molecular weight is 170 g/mol. The number of hydrogen-bond acceptors (Lipinski definition) is 2. The first-order chi connectivity index (χ1) is 5.93. The molecular weight excluding hydrogens is 148 g/mol. The van der Waals surface area contributed by atoms with Crippen molar-refractivity contribution in [2.75, 3.05) is 19.6 Å². The molecular formula is C10H22N2.